The van der Waals surface area contributed by atoms with Crippen LogP contribution in [0.3, 0.4) is 0 Å². The van der Waals surface area contributed by atoms with Gasteiger partial charge in [0.2, 0.25) is 5.91 Å². The molecule has 0 saturated heterocycles. The van der Waals surface area contributed by atoms with E-state index in [-0.39, 0.29) is 24.4 Å². The molecule has 6 heteroatoms. The van der Waals surface area contributed by atoms with E-state index in [0.717, 1.165) is 49.3 Å². The Morgan fingerprint density at radius 3 is 2.65 bits per heavy atom. The lowest BCUT2D eigenvalue weighted by Crippen LogP contribution is -2.40. The van der Waals surface area contributed by atoms with Crippen LogP contribution in [0, 0.1) is 0 Å². The van der Waals surface area contributed by atoms with Crippen molar-refractivity contribution in [3.05, 3.63) is 41.7 Å². The number of hydrogen-bond acceptors (Lipinski definition) is 3. The first-order chi connectivity index (χ1) is 12.6. The summed E-state index contributed by atoms with van der Waals surface area (Å²) in [5, 5.41) is 5.49. The number of amides is 2. The van der Waals surface area contributed by atoms with Crippen LogP contribution in [-0.4, -0.2) is 34.0 Å². The summed E-state index contributed by atoms with van der Waals surface area (Å²) in [7, 11) is 0. The predicted octanol–water partition coefficient (Wildman–Crippen LogP) is 2.53. The Hall–Kier alpha value is -2.63. The van der Waals surface area contributed by atoms with E-state index < -0.39 is 0 Å². The second-order valence-electron chi connectivity index (χ2n) is 6.96. The van der Waals surface area contributed by atoms with Gasteiger partial charge < -0.3 is 15.2 Å². The molecule has 3 rings (SSSR count). The Kier molecular flexibility index (Phi) is 5.71. The van der Waals surface area contributed by atoms with Gasteiger partial charge in [-0.05, 0) is 33.1 Å². The van der Waals surface area contributed by atoms with Crippen LogP contribution in [0.15, 0.2) is 30.3 Å². The van der Waals surface area contributed by atoms with Crippen molar-refractivity contribution < 1.29 is 9.59 Å². The summed E-state index contributed by atoms with van der Waals surface area (Å²) < 4.78 is 2.17. The lowest BCUT2D eigenvalue weighted by atomic mass is 10.1. The number of rotatable bonds is 5. The number of nitrogens with zero attached hydrogens (tertiary/aromatic N) is 2. The van der Waals surface area contributed by atoms with Crippen molar-refractivity contribution in [3.63, 3.8) is 0 Å². The van der Waals surface area contributed by atoms with Gasteiger partial charge in [0.25, 0.3) is 5.91 Å². The third-order valence-corrected chi connectivity index (χ3v) is 4.47. The van der Waals surface area contributed by atoms with Crippen LogP contribution in [0.25, 0.3) is 11.4 Å². The maximum atomic E-state index is 12.7. The van der Waals surface area contributed by atoms with Crippen LogP contribution >= 0.6 is 0 Å². The SMILES string of the molecule is CC(C)NC(=O)CNC(=O)c1nc(-c2ccccc2)n2c1CCCCC2. The highest BCUT2D eigenvalue weighted by molar-refractivity contribution is 5.96. The molecule has 2 amide bonds. The number of aromatic nitrogens is 2. The van der Waals surface area contributed by atoms with Crippen molar-refractivity contribution >= 4 is 11.8 Å². The molecule has 1 aliphatic heterocycles. The maximum absolute atomic E-state index is 12.7. The molecule has 0 unspecified atom stereocenters. The van der Waals surface area contributed by atoms with E-state index in [2.05, 4.69) is 20.2 Å². The summed E-state index contributed by atoms with van der Waals surface area (Å²) in [6.07, 6.45) is 4.11. The van der Waals surface area contributed by atoms with Crippen LogP contribution in [0.5, 0.6) is 0 Å². The van der Waals surface area contributed by atoms with Crippen molar-refractivity contribution in [1.82, 2.24) is 20.2 Å². The highest BCUT2D eigenvalue weighted by Gasteiger charge is 2.24. The number of carbonyl (C=O) groups is 2. The Morgan fingerprint density at radius 1 is 1.15 bits per heavy atom. The third kappa shape index (κ3) is 4.12. The summed E-state index contributed by atoms with van der Waals surface area (Å²) in [6, 6.07) is 9.99. The number of imidazole rings is 1. The zero-order valence-electron chi connectivity index (χ0n) is 15.4. The minimum Gasteiger partial charge on any atom is -0.352 e. The van der Waals surface area contributed by atoms with Gasteiger partial charge in [-0.1, -0.05) is 36.8 Å². The molecule has 0 fully saturated rings. The highest BCUT2D eigenvalue weighted by atomic mass is 16.2. The molecule has 1 aromatic carbocycles. The molecule has 138 valence electrons. The quantitative estimate of drug-likeness (QED) is 0.866. The van der Waals surface area contributed by atoms with Gasteiger partial charge in [-0.2, -0.15) is 0 Å². The molecule has 0 atom stereocenters. The van der Waals surface area contributed by atoms with E-state index >= 15 is 0 Å². The molecule has 2 aromatic rings. The average molecular weight is 354 g/mol. The van der Waals surface area contributed by atoms with Gasteiger partial charge in [-0.3, -0.25) is 9.59 Å². The first-order valence-electron chi connectivity index (χ1n) is 9.28. The standard InChI is InChI=1S/C20H26N4O2/c1-14(2)22-17(25)13-21-20(26)18-16-11-7-4-8-12-24(16)19(23-18)15-9-5-3-6-10-15/h3,5-6,9-10,14H,4,7-8,11-13H2,1-2H3,(H,21,26)(H,22,25). The van der Waals surface area contributed by atoms with E-state index in [1.165, 1.54) is 0 Å². The number of nitrogens with one attached hydrogen (secondary N) is 2. The van der Waals surface area contributed by atoms with Gasteiger partial charge in [0.15, 0.2) is 0 Å². The summed E-state index contributed by atoms with van der Waals surface area (Å²) in [6.45, 7) is 4.61. The van der Waals surface area contributed by atoms with Gasteiger partial charge in [0, 0.05) is 18.2 Å². The van der Waals surface area contributed by atoms with E-state index in [4.69, 9.17) is 0 Å². The average Bonchev–Trinajstić information content (AvgIpc) is 2.81. The summed E-state index contributed by atoms with van der Waals surface area (Å²) in [4.78, 5) is 29.2. The molecular formula is C20H26N4O2. The van der Waals surface area contributed by atoms with Gasteiger partial charge in [0.05, 0.1) is 12.2 Å². The first kappa shape index (κ1) is 18.2. The fraction of sp³-hybridized carbons (Fsp3) is 0.450. The maximum Gasteiger partial charge on any atom is 0.272 e. The predicted molar refractivity (Wildman–Crippen MR) is 101 cm³/mol. The monoisotopic (exact) mass is 354 g/mol. The molecule has 1 aromatic heterocycles. The first-order valence-corrected chi connectivity index (χ1v) is 9.28. The minimum atomic E-state index is -0.281. The molecule has 0 radical (unpaired) electrons. The van der Waals surface area contributed by atoms with Crippen LogP contribution in [-0.2, 0) is 17.8 Å². The molecule has 1 aliphatic rings. The Labute approximate surface area is 154 Å². The smallest absolute Gasteiger partial charge is 0.272 e. The third-order valence-electron chi connectivity index (χ3n) is 4.47. The van der Waals surface area contributed by atoms with E-state index in [0.29, 0.717) is 5.69 Å². The molecular weight excluding hydrogens is 328 g/mol. The van der Waals surface area contributed by atoms with E-state index in [1.54, 1.807) is 0 Å². The number of benzene rings is 1. The zero-order valence-corrected chi connectivity index (χ0v) is 15.4. The van der Waals surface area contributed by atoms with Gasteiger partial charge in [-0.15, -0.1) is 0 Å². The molecule has 2 N–H and O–H groups in total. The number of hydrogen-bond donors (Lipinski definition) is 2. The topological polar surface area (TPSA) is 76.0 Å². The van der Waals surface area contributed by atoms with Crippen LogP contribution in [0.2, 0.25) is 0 Å². The Bertz CT molecular complexity index is 781. The van der Waals surface area contributed by atoms with E-state index in [9.17, 15) is 9.59 Å². The van der Waals surface area contributed by atoms with Gasteiger partial charge in [-0.25, -0.2) is 4.98 Å². The lowest BCUT2D eigenvalue weighted by molar-refractivity contribution is -0.120. The van der Waals surface area contributed by atoms with Crippen molar-refractivity contribution in [2.45, 2.75) is 52.1 Å². The van der Waals surface area contributed by atoms with Crippen molar-refractivity contribution in [1.29, 1.82) is 0 Å². The highest BCUT2D eigenvalue weighted by Crippen LogP contribution is 2.27. The normalized spacial score (nSPS) is 13.8. The summed E-state index contributed by atoms with van der Waals surface area (Å²) >= 11 is 0. The second kappa shape index (κ2) is 8.17. The zero-order chi connectivity index (χ0) is 18.5. The molecule has 0 saturated carbocycles. The number of carbonyl (C=O) groups excluding carboxylic acids is 2. The van der Waals surface area contributed by atoms with Crippen LogP contribution in [0.4, 0.5) is 0 Å². The Balaban J connectivity index is 1.86. The van der Waals surface area contributed by atoms with Crippen molar-refractivity contribution in [2.75, 3.05) is 6.54 Å². The lowest BCUT2D eigenvalue weighted by Gasteiger charge is -2.10. The van der Waals surface area contributed by atoms with Gasteiger partial charge in [0.1, 0.15) is 11.5 Å². The molecule has 0 bridgehead atoms. The number of fused-ring (bicyclic) bond motifs is 1. The molecule has 0 spiro atoms. The van der Waals surface area contributed by atoms with Crippen molar-refractivity contribution in [2.24, 2.45) is 0 Å². The van der Waals surface area contributed by atoms with Gasteiger partial charge >= 0.3 is 0 Å². The largest absolute Gasteiger partial charge is 0.352 e. The van der Waals surface area contributed by atoms with Crippen molar-refractivity contribution in [3.8, 4) is 11.4 Å². The van der Waals surface area contributed by atoms with Crippen LogP contribution in [0.1, 0.15) is 49.3 Å². The molecule has 26 heavy (non-hydrogen) atoms. The summed E-state index contributed by atoms with van der Waals surface area (Å²) in [5.74, 6) is 0.359. The summed E-state index contributed by atoms with van der Waals surface area (Å²) in [5.41, 5.74) is 2.43. The fourth-order valence-corrected chi connectivity index (χ4v) is 3.33. The fourth-order valence-electron chi connectivity index (χ4n) is 3.33. The second-order valence-corrected chi connectivity index (χ2v) is 6.96. The molecule has 6 nitrogen and oxygen atoms in total. The molecule has 0 aliphatic carbocycles. The van der Waals surface area contributed by atoms with E-state index in [1.807, 2.05) is 44.2 Å². The Morgan fingerprint density at radius 2 is 1.92 bits per heavy atom. The minimum absolute atomic E-state index is 0.0377. The van der Waals surface area contributed by atoms with Crippen LogP contribution < -0.4 is 10.6 Å². The molecule has 2 heterocycles.